The lowest BCUT2D eigenvalue weighted by Crippen LogP contribution is -2.56. The number of rotatable bonds is 1. The molecule has 1 spiro atoms. The van der Waals surface area contributed by atoms with Crippen LogP contribution in [0.1, 0.15) is 46.4 Å². The van der Waals surface area contributed by atoms with Gasteiger partial charge in [-0.1, -0.05) is 6.07 Å². The summed E-state index contributed by atoms with van der Waals surface area (Å²) < 4.78 is 0. The molecule has 0 saturated heterocycles. The molecule has 0 aromatic heterocycles. The molecular formula is C13H14N2O3. The Labute approximate surface area is 104 Å². The SMILES string of the molecule is O=C(O)c1cccc2c1C(=O)NC1(CCCC1)N2. The van der Waals surface area contributed by atoms with Gasteiger partial charge in [0.25, 0.3) is 5.91 Å². The number of hydrogen-bond donors (Lipinski definition) is 3. The molecule has 3 N–H and O–H groups in total. The molecule has 5 nitrogen and oxygen atoms in total. The van der Waals surface area contributed by atoms with Crippen LogP contribution in [-0.2, 0) is 0 Å². The van der Waals surface area contributed by atoms with Crippen LogP contribution in [0.15, 0.2) is 18.2 Å². The summed E-state index contributed by atoms with van der Waals surface area (Å²) in [4.78, 5) is 23.3. The van der Waals surface area contributed by atoms with Gasteiger partial charge < -0.3 is 15.7 Å². The fraction of sp³-hybridized carbons (Fsp3) is 0.385. The number of carboxylic acid groups (broad SMARTS) is 1. The van der Waals surface area contributed by atoms with Gasteiger partial charge in [0.2, 0.25) is 0 Å². The maximum Gasteiger partial charge on any atom is 0.336 e. The van der Waals surface area contributed by atoms with E-state index in [0.29, 0.717) is 5.69 Å². The van der Waals surface area contributed by atoms with Gasteiger partial charge in [0, 0.05) is 5.69 Å². The second kappa shape index (κ2) is 3.73. The Balaban J connectivity index is 2.08. The number of benzene rings is 1. The van der Waals surface area contributed by atoms with E-state index in [1.807, 2.05) is 0 Å². The molecule has 94 valence electrons. The molecule has 1 amide bonds. The lowest BCUT2D eigenvalue weighted by molar-refractivity contribution is 0.0688. The van der Waals surface area contributed by atoms with Crippen LogP contribution in [0.4, 0.5) is 5.69 Å². The van der Waals surface area contributed by atoms with Crippen molar-refractivity contribution in [3.05, 3.63) is 29.3 Å². The summed E-state index contributed by atoms with van der Waals surface area (Å²) in [5.74, 6) is -1.37. The van der Waals surface area contributed by atoms with Gasteiger partial charge in [-0.2, -0.15) is 0 Å². The van der Waals surface area contributed by atoms with Crippen LogP contribution < -0.4 is 10.6 Å². The largest absolute Gasteiger partial charge is 0.478 e. The van der Waals surface area contributed by atoms with Gasteiger partial charge in [-0.05, 0) is 37.8 Å². The van der Waals surface area contributed by atoms with Crippen molar-refractivity contribution in [1.82, 2.24) is 5.32 Å². The molecule has 1 aromatic rings. The molecule has 0 atom stereocenters. The summed E-state index contributed by atoms with van der Waals surface area (Å²) in [6, 6.07) is 4.88. The number of anilines is 1. The topological polar surface area (TPSA) is 78.4 Å². The third-order valence-electron chi connectivity index (χ3n) is 3.71. The third kappa shape index (κ3) is 1.54. The van der Waals surface area contributed by atoms with Gasteiger partial charge in [0.05, 0.1) is 11.1 Å². The molecule has 2 aliphatic rings. The summed E-state index contributed by atoms with van der Waals surface area (Å²) in [6.45, 7) is 0. The molecule has 1 heterocycles. The van der Waals surface area contributed by atoms with Crippen LogP contribution in [-0.4, -0.2) is 22.6 Å². The lowest BCUT2D eigenvalue weighted by atomic mass is 9.97. The average molecular weight is 246 g/mol. The van der Waals surface area contributed by atoms with Crippen LogP contribution in [0.25, 0.3) is 0 Å². The van der Waals surface area contributed by atoms with Crippen LogP contribution >= 0.6 is 0 Å². The highest BCUT2D eigenvalue weighted by Crippen LogP contribution is 2.36. The molecule has 0 unspecified atom stereocenters. The standard InChI is InChI=1S/C13H14N2O3/c16-11-10-8(12(17)18)4-3-5-9(10)14-13(15-11)6-1-2-7-13/h3-5,14H,1-2,6-7H2,(H,15,16)(H,17,18). The highest BCUT2D eigenvalue weighted by atomic mass is 16.4. The highest BCUT2D eigenvalue weighted by Gasteiger charge is 2.40. The van der Waals surface area contributed by atoms with E-state index in [2.05, 4.69) is 10.6 Å². The molecule has 5 heteroatoms. The Kier molecular flexibility index (Phi) is 2.29. The maximum atomic E-state index is 12.2. The van der Waals surface area contributed by atoms with Crippen molar-refractivity contribution in [2.24, 2.45) is 0 Å². The van der Waals surface area contributed by atoms with E-state index in [1.165, 1.54) is 6.07 Å². The van der Waals surface area contributed by atoms with E-state index >= 15 is 0 Å². The van der Waals surface area contributed by atoms with E-state index in [9.17, 15) is 9.59 Å². The molecule has 1 fully saturated rings. The Morgan fingerprint density at radius 1 is 1.22 bits per heavy atom. The van der Waals surface area contributed by atoms with Gasteiger partial charge >= 0.3 is 5.97 Å². The van der Waals surface area contributed by atoms with Crippen molar-refractivity contribution in [1.29, 1.82) is 0 Å². The number of hydrogen-bond acceptors (Lipinski definition) is 3. The summed E-state index contributed by atoms with van der Waals surface area (Å²) in [6.07, 6.45) is 3.91. The summed E-state index contributed by atoms with van der Waals surface area (Å²) in [7, 11) is 0. The smallest absolute Gasteiger partial charge is 0.336 e. The van der Waals surface area contributed by atoms with Crippen molar-refractivity contribution in [2.45, 2.75) is 31.3 Å². The fourth-order valence-electron chi connectivity index (χ4n) is 2.88. The Morgan fingerprint density at radius 2 is 1.94 bits per heavy atom. The second-order valence-corrected chi connectivity index (χ2v) is 4.90. The van der Waals surface area contributed by atoms with Gasteiger partial charge in [-0.3, -0.25) is 4.79 Å². The molecule has 1 aromatic carbocycles. The zero-order valence-corrected chi connectivity index (χ0v) is 9.82. The van der Waals surface area contributed by atoms with Crippen molar-refractivity contribution in [3.8, 4) is 0 Å². The normalized spacial score (nSPS) is 20.1. The lowest BCUT2D eigenvalue weighted by Gasteiger charge is -2.37. The summed E-state index contributed by atoms with van der Waals surface area (Å²) >= 11 is 0. The number of nitrogens with one attached hydrogen (secondary N) is 2. The molecule has 1 saturated carbocycles. The molecule has 18 heavy (non-hydrogen) atoms. The monoisotopic (exact) mass is 246 g/mol. The predicted octanol–water partition coefficient (Wildman–Crippen LogP) is 1.81. The Hall–Kier alpha value is -2.04. The molecule has 1 aliphatic carbocycles. The van der Waals surface area contributed by atoms with Crippen molar-refractivity contribution >= 4 is 17.6 Å². The van der Waals surface area contributed by atoms with Crippen LogP contribution in [0.2, 0.25) is 0 Å². The van der Waals surface area contributed by atoms with Crippen molar-refractivity contribution in [3.63, 3.8) is 0 Å². The van der Waals surface area contributed by atoms with Gasteiger partial charge in [0.15, 0.2) is 0 Å². The first-order valence-corrected chi connectivity index (χ1v) is 6.08. The summed E-state index contributed by atoms with van der Waals surface area (Å²) in [5.41, 5.74) is 0.537. The molecule has 0 bridgehead atoms. The van der Waals surface area contributed by atoms with E-state index < -0.39 is 5.97 Å². The predicted molar refractivity (Wildman–Crippen MR) is 65.7 cm³/mol. The minimum Gasteiger partial charge on any atom is -0.478 e. The minimum absolute atomic E-state index is 0.0466. The first-order chi connectivity index (χ1) is 8.61. The third-order valence-corrected chi connectivity index (χ3v) is 3.71. The average Bonchev–Trinajstić information content (AvgIpc) is 2.75. The molecule has 1 aliphatic heterocycles. The van der Waals surface area contributed by atoms with Gasteiger partial charge in [0.1, 0.15) is 5.66 Å². The Bertz CT molecular complexity index is 533. The van der Waals surface area contributed by atoms with Gasteiger partial charge in [-0.15, -0.1) is 0 Å². The molecular weight excluding hydrogens is 232 g/mol. The maximum absolute atomic E-state index is 12.2. The number of carbonyl (C=O) groups excluding carboxylic acids is 1. The second-order valence-electron chi connectivity index (χ2n) is 4.90. The van der Waals surface area contributed by atoms with E-state index in [-0.39, 0.29) is 22.7 Å². The van der Waals surface area contributed by atoms with Gasteiger partial charge in [-0.25, -0.2) is 4.79 Å². The van der Waals surface area contributed by atoms with E-state index in [4.69, 9.17) is 5.11 Å². The zero-order valence-electron chi connectivity index (χ0n) is 9.82. The highest BCUT2D eigenvalue weighted by molar-refractivity contribution is 6.10. The first kappa shape index (κ1) is 11.1. The number of carboxylic acids is 1. The van der Waals surface area contributed by atoms with E-state index in [0.717, 1.165) is 25.7 Å². The number of fused-ring (bicyclic) bond motifs is 1. The number of carbonyl (C=O) groups is 2. The molecule has 0 radical (unpaired) electrons. The van der Waals surface area contributed by atoms with Crippen LogP contribution in [0, 0.1) is 0 Å². The number of aromatic carboxylic acids is 1. The van der Waals surface area contributed by atoms with Crippen LogP contribution in [0.3, 0.4) is 0 Å². The van der Waals surface area contributed by atoms with Crippen LogP contribution in [0.5, 0.6) is 0 Å². The fourth-order valence-corrected chi connectivity index (χ4v) is 2.88. The number of amides is 1. The Morgan fingerprint density at radius 3 is 2.61 bits per heavy atom. The molecule has 3 rings (SSSR count). The quantitative estimate of drug-likeness (QED) is 0.706. The van der Waals surface area contributed by atoms with Crippen molar-refractivity contribution in [2.75, 3.05) is 5.32 Å². The summed E-state index contributed by atoms with van der Waals surface area (Å²) in [5, 5.41) is 15.3. The van der Waals surface area contributed by atoms with E-state index in [1.54, 1.807) is 12.1 Å². The minimum atomic E-state index is -1.08. The first-order valence-electron chi connectivity index (χ1n) is 6.08. The van der Waals surface area contributed by atoms with Crippen molar-refractivity contribution < 1.29 is 14.7 Å². The zero-order chi connectivity index (χ0) is 12.8.